The van der Waals surface area contributed by atoms with Gasteiger partial charge in [0, 0.05) is 5.56 Å². The van der Waals surface area contributed by atoms with Crippen molar-refractivity contribution >= 4 is 5.97 Å². The van der Waals surface area contributed by atoms with E-state index in [2.05, 4.69) is 0 Å². The van der Waals surface area contributed by atoms with Crippen LogP contribution in [0.1, 0.15) is 15.9 Å². The largest absolute Gasteiger partial charge is 0.507 e. The number of aromatic hydroxyl groups is 1. The van der Waals surface area contributed by atoms with E-state index in [1.54, 1.807) is 0 Å². The maximum atomic E-state index is 14.1. The van der Waals surface area contributed by atoms with Crippen LogP contribution in [0.4, 0.5) is 65.9 Å². The number of hydrogen-bond donors (Lipinski definition) is 2. The minimum Gasteiger partial charge on any atom is -0.507 e. The molecule has 0 amide bonds. The average molecular weight is 506 g/mol. The number of benzene rings is 1. The van der Waals surface area contributed by atoms with Crippen molar-refractivity contribution in [3.05, 3.63) is 29.3 Å². The lowest BCUT2D eigenvalue weighted by molar-refractivity contribution is -0.453. The molecule has 2 N–H and O–H groups in total. The summed E-state index contributed by atoms with van der Waals surface area (Å²) in [6.07, 6.45) is -7.73. The van der Waals surface area contributed by atoms with Gasteiger partial charge in [-0.3, -0.25) is 0 Å². The van der Waals surface area contributed by atoms with Gasteiger partial charge in [0.1, 0.15) is 11.3 Å². The van der Waals surface area contributed by atoms with E-state index in [-0.39, 0.29) is 12.1 Å². The van der Waals surface area contributed by atoms with Gasteiger partial charge in [-0.15, -0.1) is 0 Å². The quantitative estimate of drug-likeness (QED) is 0.452. The second kappa shape index (κ2) is 7.23. The predicted octanol–water partition coefficient (Wildman–Crippen LogP) is 5.92. The molecule has 32 heavy (non-hydrogen) atoms. The third-order valence-corrected chi connectivity index (χ3v) is 3.92. The number of carboxylic acid groups (broad SMARTS) is 1. The van der Waals surface area contributed by atoms with Crippen molar-refractivity contribution in [2.24, 2.45) is 0 Å². The Balaban J connectivity index is 3.82. The molecule has 0 radical (unpaired) electrons. The van der Waals surface area contributed by atoms with Gasteiger partial charge in [0.05, 0.1) is 0 Å². The van der Waals surface area contributed by atoms with Crippen LogP contribution < -0.4 is 0 Å². The van der Waals surface area contributed by atoms with E-state index in [4.69, 9.17) is 10.2 Å². The first-order valence-electron chi connectivity index (χ1n) is 7.23. The summed E-state index contributed by atoms with van der Waals surface area (Å²) in [6.45, 7) is 0. The second-order valence-electron chi connectivity index (χ2n) is 5.95. The number of carboxylic acids is 1. The molecule has 0 aliphatic heterocycles. The van der Waals surface area contributed by atoms with Crippen LogP contribution in [-0.2, 0) is 5.92 Å². The third kappa shape index (κ3) is 3.37. The van der Waals surface area contributed by atoms with Crippen molar-refractivity contribution in [1.82, 2.24) is 0 Å². The number of rotatable bonds is 7. The van der Waals surface area contributed by atoms with E-state index in [1.807, 2.05) is 0 Å². The highest BCUT2D eigenvalue weighted by Crippen LogP contribution is 2.64. The third-order valence-electron chi connectivity index (χ3n) is 3.92. The summed E-state index contributed by atoms with van der Waals surface area (Å²) >= 11 is 0. The average Bonchev–Trinajstić information content (AvgIpc) is 2.59. The SMILES string of the molecule is O=C(O)c1c(O)cccc1C(F)(F)C(F)(F)C(F)(F)C(F)(F)C(F)(F)C(F)(F)C(F)(F)F. The highest BCUT2D eigenvalue weighted by molar-refractivity contribution is 5.92. The van der Waals surface area contributed by atoms with E-state index in [9.17, 15) is 70.7 Å². The molecule has 0 aliphatic rings. The summed E-state index contributed by atoms with van der Waals surface area (Å²) in [7, 11) is 0. The van der Waals surface area contributed by atoms with Gasteiger partial charge in [0.2, 0.25) is 0 Å². The van der Waals surface area contributed by atoms with Crippen LogP contribution in [0.25, 0.3) is 0 Å². The Morgan fingerprint density at radius 3 is 1.38 bits per heavy atom. The molecule has 1 aromatic carbocycles. The second-order valence-corrected chi connectivity index (χ2v) is 5.95. The number of carbonyl (C=O) groups is 1. The summed E-state index contributed by atoms with van der Waals surface area (Å²) in [5.41, 5.74) is -5.19. The molecule has 0 unspecified atom stereocenters. The van der Waals surface area contributed by atoms with Crippen molar-refractivity contribution in [3.8, 4) is 5.75 Å². The number of aromatic carboxylic acids is 1. The summed E-state index contributed by atoms with van der Waals surface area (Å²) in [4.78, 5) is 10.8. The Bertz CT molecular complexity index is 888. The molecule has 0 aliphatic carbocycles. The van der Waals surface area contributed by atoms with Gasteiger partial charge < -0.3 is 10.2 Å². The molecular weight excluding hydrogens is 501 g/mol. The molecule has 0 saturated carbocycles. The first-order valence-corrected chi connectivity index (χ1v) is 7.23. The van der Waals surface area contributed by atoms with E-state index in [1.165, 1.54) is 0 Å². The lowest BCUT2D eigenvalue weighted by atomic mass is 9.87. The molecule has 1 aromatic rings. The fourth-order valence-electron chi connectivity index (χ4n) is 2.16. The monoisotopic (exact) mass is 506 g/mol. The van der Waals surface area contributed by atoms with E-state index >= 15 is 0 Å². The first-order chi connectivity index (χ1) is 13.8. The Morgan fingerprint density at radius 2 is 1.00 bits per heavy atom. The van der Waals surface area contributed by atoms with Crippen molar-refractivity contribution < 1.29 is 80.9 Å². The molecule has 0 atom stereocenters. The molecule has 0 heterocycles. The molecule has 3 nitrogen and oxygen atoms in total. The van der Waals surface area contributed by atoms with Crippen LogP contribution in [0.3, 0.4) is 0 Å². The molecule has 0 spiro atoms. The fourth-order valence-corrected chi connectivity index (χ4v) is 2.16. The molecule has 184 valence electrons. The summed E-state index contributed by atoms with van der Waals surface area (Å²) < 4.78 is 198. The number of hydrogen-bond acceptors (Lipinski definition) is 2. The minimum atomic E-state index is -8.49. The highest BCUT2D eigenvalue weighted by Gasteiger charge is 2.93. The van der Waals surface area contributed by atoms with Crippen LogP contribution in [-0.4, -0.2) is 52.0 Å². The van der Waals surface area contributed by atoms with Gasteiger partial charge in [-0.1, -0.05) is 12.1 Å². The van der Waals surface area contributed by atoms with Crippen molar-refractivity contribution in [2.45, 2.75) is 41.7 Å². The minimum absolute atomic E-state index is 0.0871. The van der Waals surface area contributed by atoms with Crippen LogP contribution in [0.5, 0.6) is 5.75 Å². The zero-order valence-corrected chi connectivity index (χ0v) is 14.2. The normalized spacial score (nSPS) is 15.1. The van der Waals surface area contributed by atoms with Crippen molar-refractivity contribution in [1.29, 1.82) is 0 Å². The Morgan fingerprint density at radius 1 is 0.625 bits per heavy atom. The molecule has 0 aromatic heterocycles. The molecule has 0 fully saturated rings. The van der Waals surface area contributed by atoms with Gasteiger partial charge in [-0.2, -0.15) is 65.9 Å². The summed E-state index contributed by atoms with van der Waals surface area (Å²) in [5, 5.41) is 17.8. The van der Waals surface area contributed by atoms with Crippen molar-refractivity contribution in [2.75, 3.05) is 0 Å². The first kappa shape index (κ1) is 27.5. The van der Waals surface area contributed by atoms with E-state index in [0.717, 1.165) is 0 Å². The standard InChI is InChI=1S/C14H5F15O3/c15-8(16,4-2-1-3-5(30)6(4)7(31)32)9(17,18)10(19,20)11(21,22)12(23,24)13(25,26)14(27,28)29/h1-3,30H,(H,31,32). The van der Waals surface area contributed by atoms with Crippen LogP contribution in [0, 0.1) is 0 Å². The number of phenols is 1. The van der Waals surface area contributed by atoms with E-state index in [0.29, 0.717) is 0 Å². The lowest BCUT2D eigenvalue weighted by Gasteiger charge is -2.41. The maximum absolute atomic E-state index is 14.1. The highest BCUT2D eigenvalue weighted by atomic mass is 19.4. The Hall–Kier alpha value is -2.56. The molecule has 1 rings (SSSR count). The number of alkyl halides is 15. The van der Waals surface area contributed by atoms with Gasteiger partial charge >= 0.3 is 47.7 Å². The topological polar surface area (TPSA) is 57.5 Å². The molecular formula is C14H5F15O3. The van der Waals surface area contributed by atoms with Crippen molar-refractivity contribution in [3.63, 3.8) is 0 Å². The van der Waals surface area contributed by atoms with Gasteiger partial charge in [-0.05, 0) is 6.07 Å². The molecule has 0 bridgehead atoms. The van der Waals surface area contributed by atoms with Crippen LogP contribution in [0.15, 0.2) is 18.2 Å². The van der Waals surface area contributed by atoms with Gasteiger partial charge in [0.15, 0.2) is 0 Å². The maximum Gasteiger partial charge on any atom is 0.460 e. The predicted molar refractivity (Wildman–Crippen MR) is 69.8 cm³/mol. The van der Waals surface area contributed by atoms with Crippen LogP contribution in [0.2, 0.25) is 0 Å². The molecule has 0 saturated heterocycles. The zero-order chi connectivity index (χ0) is 25.9. The van der Waals surface area contributed by atoms with Gasteiger partial charge in [-0.25, -0.2) is 4.79 Å². The smallest absolute Gasteiger partial charge is 0.460 e. The summed E-state index contributed by atoms with van der Waals surface area (Å²) in [6, 6.07) is -0.177. The number of halogens is 15. The van der Waals surface area contributed by atoms with Crippen LogP contribution >= 0.6 is 0 Å². The Kier molecular flexibility index (Phi) is 6.20. The van der Waals surface area contributed by atoms with E-state index < -0.39 is 70.6 Å². The fraction of sp³-hybridized carbons (Fsp3) is 0.500. The Labute approximate surface area is 165 Å². The van der Waals surface area contributed by atoms with Gasteiger partial charge in [0.25, 0.3) is 0 Å². The zero-order valence-electron chi connectivity index (χ0n) is 14.2. The molecule has 18 heteroatoms. The summed E-state index contributed by atoms with van der Waals surface area (Å²) in [5.74, 6) is -52.8. The lowest BCUT2D eigenvalue weighted by Crippen LogP contribution is -2.72.